The molecule has 144 valence electrons. The monoisotopic (exact) mass is 388 g/mol. The minimum Gasteiger partial charge on any atom is -0.347 e. The van der Waals surface area contributed by atoms with Crippen LogP contribution in [0, 0.1) is 20.8 Å². The molecule has 7 heteroatoms. The van der Waals surface area contributed by atoms with Gasteiger partial charge in [0, 0.05) is 12.1 Å². The van der Waals surface area contributed by atoms with Crippen LogP contribution >= 0.6 is 0 Å². The van der Waals surface area contributed by atoms with Crippen molar-refractivity contribution in [3.8, 4) is 0 Å². The van der Waals surface area contributed by atoms with E-state index in [0.29, 0.717) is 5.69 Å². The SMILES string of the molecule is Cc1ccc(S(=O)(=O)CCC(=O)NCC(=O)Nc2cccc(C)c2C)cc1. The molecule has 0 heterocycles. The smallest absolute Gasteiger partial charge is 0.243 e. The van der Waals surface area contributed by atoms with Crippen LogP contribution in [0.1, 0.15) is 23.1 Å². The van der Waals surface area contributed by atoms with Crippen LogP contribution in [0.2, 0.25) is 0 Å². The number of aryl methyl sites for hydroxylation is 2. The van der Waals surface area contributed by atoms with E-state index in [1.807, 2.05) is 32.9 Å². The van der Waals surface area contributed by atoms with Crippen molar-refractivity contribution in [2.75, 3.05) is 17.6 Å². The van der Waals surface area contributed by atoms with Crippen LogP contribution in [-0.2, 0) is 19.4 Å². The highest BCUT2D eigenvalue weighted by atomic mass is 32.2. The molecule has 0 unspecified atom stereocenters. The van der Waals surface area contributed by atoms with Gasteiger partial charge in [-0.25, -0.2) is 8.42 Å². The van der Waals surface area contributed by atoms with Crippen molar-refractivity contribution < 1.29 is 18.0 Å². The largest absolute Gasteiger partial charge is 0.347 e. The summed E-state index contributed by atoms with van der Waals surface area (Å²) in [5, 5.41) is 5.19. The lowest BCUT2D eigenvalue weighted by Crippen LogP contribution is -2.33. The summed E-state index contributed by atoms with van der Waals surface area (Å²) in [7, 11) is -3.53. The lowest BCUT2D eigenvalue weighted by molar-refractivity contribution is -0.123. The van der Waals surface area contributed by atoms with Crippen molar-refractivity contribution in [3.05, 3.63) is 59.2 Å². The zero-order chi connectivity index (χ0) is 20.0. The number of amides is 2. The van der Waals surface area contributed by atoms with Crippen molar-refractivity contribution in [2.45, 2.75) is 32.1 Å². The first-order chi connectivity index (χ1) is 12.7. The van der Waals surface area contributed by atoms with Gasteiger partial charge in [0.05, 0.1) is 17.2 Å². The number of carbonyl (C=O) groups excluding carboxylic acids is 2. The molecule has 0 radical (unpaired) electrons. The minimum absolute atomic E-state index is 0.188. The fourth-order valence-corrected chi connectivity index (χ4v) is 3.68. The van der Waals surface area contributed by atoms with Crippen LogP contribution in [0.25, 0.3) is 0 Å². The van der Waals surface area contributed by atoms with Crippen molar-refractivity contribution >= 4 is 27.3 Å². The normalized spacial score (nSPS) is 11.1. The molecule has 2 rings (SSSR count). The van der Waals surface area contributed by atoms with Gasteiger partial charge in [-0.3, -0.25) is 9.59 Å². The Morgan fingerprint density at radius 3 is 2.26 bits per heavy atom. The average Bonchev–Trinajstić information content (AvgIpc) is 2.62. The highest BCUT2D eigenvalue weighted by molar-refractivity contribution is 7.91. The summed E-state index contributed by atoms with van der Waals surface area (Å²) in [6, 6.07) is 12.1. The summed E-state index contributed by atoms with van der Waals surface area (Å²) in [6.07, 6.45) is -0.201. The van der Waals surface area contributed by atoms with Crippen LogP contribution in [0.3, 0.4) is 0 Å². The van der Waals surface area contributed by atoms with Crippen LogP contribution in [0.15, 0.2) is 47.4 Å². The summed E-state index contributed by atoms with van der Waals surface area (Å²) in [6.45, 7) is 5.50. The Morgan fingerprint density at radius 2 is 1.59 bits per heavy atom. The van der Waals surface area contributed by atoms with Gasteiger partial charge in [0.1, 0.15) is 0 Å². The first-order valence-corrected chi connectivity index (χ1v) is 10.3. The van der Waals surface area contributed by atoms with Gasteiger partial charge in [-0.05, 0) is 50.1 Å². The first-order valence-electron chi connectivity index (χ1n) is 8.61. The molecule has 2 N–H and O–H groups in total. The zero-order valence-corrected chi connectivity index (χ0v) is 16.5. The number of nitrogens with one attached hydrogen (secondary N) is 2. The highest BCUT2D eigenvalue weighted by Crippen LogP contribution is 2.17. The molecule has 2 aromatic rings. The fraction of sp³-hybridized carbons (Fsp3) is 0.300. The standard InChI is InChI=1S/C20H24N2O4S/c1-14-7-9-17(10-8-14)27(25,26)12-11-19(23)21-13-20(24)22-18-6-4-5-15(2)16(18)3/h4-10H,11-13H2,1-3H3,(H,21,23)(H,22,24). The number of hydrogen-bond donors (Lipinski definition) is 2. The van der Waals surface area contributed by atoms with Crippen molar-refractivity contribution in [1.82, 2.24) is 5.32 Å². The molecule has 0 aliphatic heterocycles. The van der Waals surface area contributed by atoms with Crippen LogP contribution in [0.4, 0.5) is 5.69 Å². The molecule has 0 aromatic heterocycles. The molecule has 0 bridgehead atoms. The molecule has 2 aromatic carbocycles. The van der Waals surface area contributed by atoms with E-state index in [9.17, 15) is 18.0 Å². The lowest BCUT2D eigenvalue weighted by Gasteiger charge is -2.11. The van der Waals surface area contributed by atoms with E-state index in [-0.39, 0.29) is 29.5 Å². The Morgan fingerprint density at radius 1 is 0.926 bits per heavy atom. The van der Waals surface area contributed by atoms with E-state index in [2.05, 4.69) is 10.6 Å². The van der Waals surface area contributed by atoms with Crippen LogP contribution in [0.5, 0.6) is 0 Å². The second kappa shape index (κ2) is 8.81. The topological polar surface area (TPSA) is 92.3 Å². The van der Waals surface area contributed by atoms with Gasteiger partial charge in [-0.1, -0.05) is 29.8 Å². The first kappa shape index (κ1) is 20.6. The van der Waals surface area contributed by atoms with Gasteiger partial charge in [-0.2, -0.15) is 0 Å². The van der Waals surface area contributed by atoms with Crippen molar-refractivity contribution in [2.24, 2.45) is 0 Å². The van der Waals surface area contributed by atoms with Crippen LogP contribution < -0.4 is 10.6 Å². The maximum atomic E-state index is 12.2. The predicted molar refractivity (Wildman–Crippen MR) is 105 cm³/mol. The zero-order valence-electron chi connectivity index (χ0n) is 15.7. The van der Waals surface area contributed by atoms with E-state index in [1.54, 1.807) is 18.2 Å². The van der Waals surface area contributed by atoms with Gasteiger partial charge in [0.15, 0.2) is 9.84 Å². The van der Waals surface area contributed by atoms with E-state index in [0.717, 1.165) is 16.7 Å². The average molecular weight is 388 g/mol. The summed E-state index contributed by atoms with van der Waals surface area (Å²) in [5.41, 5.74) is 3.66. The van der Waals surface area contributed by atoms with Gasteiger partial charge < -0.3 is 10.6 Å². The van der Waals surface area contributed by atoms with Gasteiger partial charge in [0.25, 0.3) is 0 Å². The van der Waals surface area contributed by atoms with Gasteiger partial charge in [-0.15, -0.1) is 0 Å². The molecule has 6 nitrogen and oxygen atoms in total. The summed E-state index contributed by atoms with van der Waals surface area (Å²) in [5.74, 6) is -1.15. The molecule has 27 heavy (non-hydrogen) atoms. The van der Waals surface area contributed by atoms with E-state index >= 15 is 0 Å². The number of anilines is 1. The number of rotatable bonds is 7. The van der Waals surface area contributed by atoms with Crippen LogP contribution in [-0.4, -0.2) is 32.5 Å². The second-order valence-electron chi connectivity index (χ2n) is 6.45. The van der Waals surface area contributed by atoms with Gasteiger partial charge in [0.2, 0.25) is 11.8 Å². The van der Waals surface area contributed by atoms with E-state index < -0.39 is 15.7 Å². The number of hydrogen-bond acceptors (Lipinski definition) is 4. The maximum absolute atomic E-state index is 12.2. The highest BCUT2D eigenvalue weighted by Gasteiger charge is 2.16. The minimum atomic E-state index is -3.53. The maximum Gasteiger partial charge on any atom is 0.243 e. The molecule has 2 amide bonds. The molecular weight excluding hydrogens is 364 g/mol. The third-order valence-corrected chi connectivity index (χ3v) is 6.03. The Bertz CT molecular complexity index is 935. The number of sulfone groups is 1. The summed E-state index contributed by atoms with van der Waals surface area (Å²) in [4.78, 5) is 24.1. The molecule has 0 aliphatic carbocycles. The number of carbonyl (C=O) groups is 2. The molecular formula is C20H24N2O4S. The Labute approximate surface area is 159 Å². The Kier molecular flexibility index (Phi) is 6.74. The summed E-state index contributed by atoms with van der Waals surface area (Å²) < 4.78 is 24.5. The molecule has 0 atom stereocenters. The second-order valence-corrected chi connectivity index (χ2v) is 8.56. The Hall–Kier alpha value is -2.67. The third-order valence-electron chi connectivity index (χ3n) is 4.30. The summed E-state index contributed by atoms with van der Waals surface area (Å²) >= 11 is 0. The molecule has 0 saturated carbocycles. The van der Waals surface area contributed by atoms with E-state index in [4.69, 9.17) is 0 Å². The fourth-order valence-electron chi connectivity index (χ4n) is 2.44. The third kappa shape index (κ3) is 5.92. The molecule has 0 saturated heterocycles. The molecule has 0 fully saturated rings. The van der Waals surface area contributed by atoms with Gasteiger partial charge >= 0.3 is 0 Å². The molecule has 0 spiro atoms. The number of benzene rings is 2. The molecule has 0 aliphatic rings. The predicted octanol–water partition coefficient (Wildman–Crippen LogP) is 2.53. The Balaban J connectivity index is 1.82. The van der Waals surface area contributed by atoms with Crippen molar-refractivity contribution in [3.63, 3.8) is 0 Å². The quantitative estimate of drug-likeness (QED) is 0.762. The lowest BCUT2D eigenvalue weighted by atomic mass is 10.1. The van der Waals surface area contributed by atoms with E-state index in [1.165, 1.54) is 12.1 Å². The van der Waals surface area contributed by atoms with Crippen molar-refractivity contribution in [1.29, 1.82) is 0 Å².